The molecule has 5 nitrogen and oxygen atoms in total. The molecule has 0 aliphatic heterocycles. The van der Waals surface area contributed by atoms with Crippen LogP contribution in [-0.4, -0.2) is 29.7 Å². The number of hydrogen-bond donors (Lipinski definition) is 3. The van der Waals surface area contributed by atoms with Crippen LogP contribution in [0.25, 0.3) is 0 Å². The van der Waals surface area contributed by atoms with Crippen LogP contribution in [0.4, 0.5) is 4.79 Å². The standard InChI is InChI=1S/C16H30N2O3/c1-2-3-4-5-6-9-12-17-16(21)18-14-11-8-7-10-13(14)15(19)20/h13-14H,2-12H2,1H3,(H,19,20)(H2,17,18,21). The van der Waals surface area contributed by atoms with Crippen LogP contribution < -0.4 is 10.6 Å². The normalized spacial score (nSPS) is 21.8. The summed E-state index contributed by atoms with van der Waals surface area (Å²) in [5.41, 5.74) is 0. The molecule has 1 aliphatic carbocycles. The molecule has 0 aromatic rings. The van der Waals surface area contributed by atoms with Gasteiger partial charge in [-0.3, -0.25) is 4.79 Å². The van der Waals surface area contributed by atoms with Crippen molar-refractivity contribution in [2.24, 2.45) is 5.92 Å². The van der Waals surface area contributed by atoms with E-state index in [9.17, 15) is 9.59 Å². The minimum Gasteiger partial charge on any atom is -0.481 e. The lowest BCUT2D eigenvalue weighted by Crippen LogP contribution is -2.48. The van der Waals surface area contributed by atoms with Gasteiger partial charge < -0.3 is 15.7 Å². The molecule has 0 aromatic heterocycles. The van der Waals surface area contributed by atoms with Gasteiger partial charge in [0, 0.05) is 12.6 Å². The maximum absolute atomic E-state index is 11.8. The minimum atomic E-state index is -0.795. The van der Waals surface area contributed by atoms with Crippen molar-refractivity contribution in [2.45, 2.75) is 77.2 Å². The van der Waals surface area contributed by atoms with E-state index >= 15 is 0 Å². The smallest absolute Gasteiger partial charge is 0.315 e. The molecule has 5 heteroatoms. The highest BCUT2D eigenvalue weighted by atomic mass is 16.4. The van der Waals surface area contributed by atoms with E-state index in [4.69, 9.17) is 5.11 Å². The quantitative estimate of drug-likeness (QED) is 0.571. The van der Waals surface area contributed by atoms with E-state index in [1.54, 1.807) is 0 Å². The van der Waals surface area contributed by atoms with E-state index in [2.05, 4.69) is 17.6 Å². The lowest BCUT2D eigenvalue weighted by molar-refractivity contribution is -0.143. The van der Waals surface area contributed by atoms with Crippen LogP contribution in [-0.2, 0) is 4.79 Å². The molecule has 2 unspecified atom stereocenters. The van der Waals surface area contributed by atoms with Gasteiger partial charge in [-0.1, -0.05) is 51.9 Å². The van der Waals surface area contributed by atoms with Crippen LogP contribution in [0.2, 0.25) is 0 Å². The van der Waals surface area contributed by atoms with Gasteiger partial charge in [0.2, 0.25) is 0 Å². The molecule has 0 bridgehead atoms. The van der Waals surface area contributed by atoms with Crippen molar-refractivity contribution in [3.05, 3.63) is 0 Å². The predicted octanol–water partition coefficient (Wildman–Crippen LogP) is 3.29. The molecule has 0 aromatic carbocycles. The van der Waals surface area contributed by atoms with E-state index in [-0.39, 0.29) is 12.1 Å². The van der Waals surface area contributed by atoms with Gasteiger partial charge in [0.05, 0.1) is 5.92 Å². The van der Waals surface area contributed by atoms with E-state index in [1.165, 1.54) is 25.7 Å². The van der Waals surface area contributed by atoms with Crippen molar-refractivity contribution >= 4 is 12.0 Å². The number of carbonyl (C=O) groups is 2. The topological polar surface area (TPSA) is 78.4 Å². The summed E-state index contributed by atoms with van der Waals surface area (Å²) in [5, 5.41) is 14.8. The highest BCUT2D eigenvalue weighted by molar-refractivity contribution is 5.76. The van der Waals surface area contributed by atoms with Crippen molar-refractivity contribution in [1.82, 2.24) is 10.6 Å². The lowest BCUT2D eigenvalue weighted by atomic mass is 9.84. The molecular formula is C16H30N2O3. The zero-order chi connectivity index (χ0) is 15.5. The molecule has 0 spiro atoms. The van der Waals surface area contributed by atoms with Gasteiger partial charge in [0.25, 0.3) is 0 Å². The third-order valence-electron chi connectivity index (χ3n) is 4.22. The third-order valence-corrected chi connectivity index (χ3v) is 4.22. The summed E-state index contributed by atoms with van der Waals surface area (Å²) in [6, 6.07) is -0.442. The second-order valence-electron chi connectivity index (χ2n) is 6.00. The van der Waals surface area contributed by atoms with Crippen LogP contribution in [0.15, 0.2) is 0 Å². The van der Waals surface area contributed by atoms with E-state index in [0.717, 1.165) is 32.1 Å². The molecule has 0 radical (unpaired) electrons. The van der Waals surface area contributed by atoms with Crippen molar-refractivity contribution < 1.29 is 14.7 Å². The fourth-order valence-electron chi connectivity index (χ4n) is 2.93. The Morgan fingerprint density at radius 2 is 1.71 bits per heavy atom. The molecule has 122 valence electrons. The summed E-state index contributed by atoms with van der Waals surface area (Å²) in [5.74, 6) is -1.23. The van der Waals surface area contributed by atoms with Gasteiger partial charge in [-0.05, 0) is 19.3 Å². The molecule has 1 aliphatic rings. The molecule has 2 amide bonds. The minimum absolute atomic E-state index is 0.221. The molecule has 1 fully saturated rings. The summed E-state index contributed by atoms with van der Waals surface area (Å²) in [4.78, 5) is 23.0. The van der Waals surface area contributed by atoms with Gasteiger partial charge in [-0.15, -0.1) is 0 Å². The van der Waals surface area contributed by atoms with Gasteiger partial charge in [-0.25, -0.2) is 4.79 Å². The second-order valence-corrected chi connectivity index (χ2v) is 6.00. The first kappa shape index (κ1) is 17.8. The van der Waals surface area contributed by atoms with Gasteiger partial charge >= 0.3 is 12.0 Å². The molecule has 1 rings (SSSR count). The monoisotopic (exact) mass is 298 g/mol. The average molecular weight is 298 g/mol. The first-order valence-corrected chi connectivity index (χ1v) is 8.42. The van der Waals surface area contributed by atoms with Gasteiger partial charge in [0.15, 0.2) is 0 Å². The summed E-state index contributed by atoms with van der Waals surface area (Å²) in [6.45, 7) is 2.87. The van der Waals surface area contributed by atoms with Crippen molar-refractivity contribution in [1.29, 1.82) is 0 Å². The number of amides is 2. The average Bonchev–Trinajstić information content (AvgIpc) is 2.46. The maximum Gasteiger partial charge on any atom is 0.315 e. The summed E-state index contributed by atoms with van der Waals surface area (Å²) < 4.78 is 0. The number of unbranched alkanes of at least 4 members (excludes halogenated alkanes) is 5. The van der Waals surface area contributed by atoms with E-state index < -0.39 is 11.9 Å². The summed E-state index contributed by atoms with van der Waals surface area (Å²) >= 11 is 0. The number of rotatable bonds is 9. The second kappa shape index (κ2) is 10.5. The maximum atomic E-state index is 11.8. The largest absolute Gasteiger partial charge is 0.481 e. The van der Waals surface area contributed by atoms with Gasteiger partial charge in [0.1, 0.15) is 0 Å². The van der Waals surface area contributed by atoms with Crippen molar-refractivity contribution in [3.8, 4) is 0 Å². The molecule has 0 saturated heterocycles. The molecule has 2 atom stereocenters. The van der Waals surface area contributed by atoms with E-state index in [0.29, 0.717) is 13.0 Å². The Kier molecular flexibility index (Phi) is 8.87. The molecule has 0 heterocycles. The molecule has 3 N–H and O–H groups in total. The Hall–Kier alpha value is -1.26. The Balaban J connectivity index is 2.13. The number of hydrogen-bond acceptors (Lipinski definition) is 2. The number of carboxylic acids is 1. The molecule has 1 saturated carbocycles. The Labute approximate surface area is 127 Å². The van der Waals surface area contributed by atoms with E-state index in [1.807, 2.05) is 0 Å². The van der Waals surface area contributed by atoms with Crippen LogP contribution >= 0.6 is 0 Å². The molecule has 21 heavy (non-hydrogen) atoms. The first-order chi connectivity index (χ1) is 10.1. The number of carboxylic acid groups (broad SMARTS) is 1. The van der Waals surface area contributed by atoms with Crippen LogP contribution in [0, 0.1) is 5.92 Å². The Morgan fingerprint density at radius 3 is 2.43 bits per heavy atom. The Morgan fingerprint density at radius 1 is 1.05 bits per heavy atom. The fourth-order valence-corrected chi connectivity index (χ4v) is 2.93. The van der Waals surface area contributed by atoms with Crippen molar-refractivity contribution in [2.75, 3.05) is 6.54 Å². The highest BCUT2D eigenvalue weighted by Gasteiger charge is 2.31. The fraction of sp³-hybridized carbons (Fsp3) is 0.875. The van der Waals surface area contributed by atoms with Crippen LogP contribution in [0.3, 0.4) is 0 Å². The highest BCUT2D eigenvalue weighted by Crippen LogP contribution is 2.24. The number of carbonyl (C=O) groups excluding carboxylic acids is 1. The van der Waals surface area contributed by atoms with Gasteiger partial charge in [-0.2, -0.15) is 0 Å². The summed E-state index contributed by atoms with van der Waals surface area (Å²) in [7, 11) is 0. The molecular weight excluding hydrogens is 268 g/mol. The first-order valence-electron chi connectivity index (χ1n) is 8.42. The lowest BCUT2D eigenvalue weighted by Gasteiger charge is -2.29. The number of urea groups is 1. The van der Waals surface area contributed by atoms with Crippen molar-refractivity contribution in [3.63, 3.8) is 0 Å². The Bertz CT molecular complexity index is 321. The predicted molar refractivity (Wildman–Crippen MR) is 83.3 cm³/mol. The number of aliphatic carboxylic acids is 1. The SMILES string of the molecule is CCCCCCCCNC(=O)NC1CCCCC1C(=O)O. The number of nitrogens with one attached hydrogen (secondary N) is 2. The van der Waals surface area contributed by atoms with Crippen LogP contribution in [0.5, 0.6) is 0 Å². The zero-order valence-electron chi connectivity index (χ0n) is 13.2. The zero-order valence-corrected chi connectivity index (χ0v) is 13.2. The third kappa shape index (κ3) is 7.34. The summed E-state index contributed by atoms with van der Waals surface area (Å²) in [6.07, 6.45) is 10.5. The van der Waals surface area contributed by atoms with Crippen LogP contribution in [0.1, 0.15) is 71.1 Å².